The van der Waals surface area contributed by atoms with Crippen LogP contribution in [0.5, 0.6) is 0 Å². The van der Waals surface area contributed by atoms with Gasteiger partial charge in [0.1, 0.15) is 6.10 Å². The molecule has 0 aliphatic heterocycles. The summed E-state index contributed by atoms with van der Waals surface area (Å²) in [5.74, 6) is 0. The molecule has 3 nitrogen and oxygen atoms in total. The number of hydrogen-bond donors (Lipinski definition) is 1. The minimum Gasteiger partial charge on any atom is -0.447 e. The van der Waals surface area contributed by atoms with E-state index in [-0.39, 0.29) is 12.2 Å². The van der Waals surface area contributed by atoms with Gasteiger partial charge < -0.3 is 10.1 Å². The molecule has 0 heterocycles. The molecule has 3 heteroatoms. The highest BCUT2D eigenvalue weighted by Gasteiger charge is 2.16. The molecule has 1 aliphatic rings. The maximum Gasteiger partial charge on any atom is 0.407 e. The summed E-state index contributed by atoms with van der Waals surface area (Å²) in [6.45, 7) is 10.7. The first-order valence-corrected chi connectivity index (χ1v) is 11.8. The smallest absolute Gasteiger partial charge is 0.407 e. The van der Waals surface area contributed by atoms with Crippen LogP contribution in [0.15, 0.2) is 34.9 Å². The standard InChI is InChI=1S/C26H45NO2/c1-21(2)13-10-14-22(3)15-11-16-23(4)17-12-18-24(5)29-26(28)27-25-19-8-6-7-9-20-25/h13,15,17,24-25H,6-12,14,16,18-20H2,1-5H3,(H,27,28)/b22-15+,23-17+. The number of alkyl carbamates (subject to hydrolysis) is 1. The van der Waals surface area contributed by atoms with Crippen molar-refractivity contribution in [1.82, 2.24) is 5.32 Å². The predicted molar refractivity (Wildman–Crippen MR) is 125 cm³/mol. The number of carbonyl (C=O) groups is 1. The summed E-state index contributed by atoms with van der Waals surface area (Å²) < 4.78 is 5.55. The minimum absolute atomic E-state index is 0.0398. The third-order valence-electron chi connectivity index (χ3n) is 5.67. The van der Waals surface area contributed by atoms with Gasteiger partial charge in [-0.25, -0.2) is 4.79 Å². The van der Waals surface area contributed by atoms with E-state index < -0.39 is 0 Å². The summed E-state index contributed by atoms with van der Waals surface area (Å²) >= 11 is 0. The summed E-state index contributed by atoms with van der Waals surface area (Å²) in [4.78, 5) is 12.1. The molecule has 1 N–H and O–H groups in total. The Labute approximate surface area is 180 Å². The maximum absolute atomic E-state index is 12.1. The highest BCUT2D eigenvalue weighted by atomic mass is 16.6. The van der Waals surface area contributed by atoms with Gasteiger partial charge >= 0.3 is 6.09 Å². The van der Waals surface area contributed by atoms with Gasteiger partial charge in [0.05, 0.1) is 0 Å². The second-order valence-corrected chi connectivity index (χ2v) is 9.09. The Bertz CT molecular complexity index is 547. The van der Waals surface area contributed by atoms with Crippen LogP contribution in [0.25, 0.3) is 0 Å². The summed E-state index contributed by atoms with van der Waals surface area (Å²) in [5, 5.41) is 3.06. The van der Waals surface area contributed by atoms with E-state index in [1.54, 1.807) is 0 Å². The quantitative estimate of drug-likeness (QED) is 0.280. The second-order valence-electron chi connectivity index (χ2n) is 9.09. The average Bonchev–Trinajstić information content (AvgIpc) is 2.89. The van der Waals surface area contributed by atoms with Crippen molar-refractivity contribution in [3.05, 3.63) is 34.9 Å². The van der Waals surface area contributed by atoms with Crippen LogP contribution >= 0.6 is 0 Å². The van der Waals surface area contributed by atoms with Crippen LogP contribution in [0.1, 0.15) is 112 Å². The van der Waals surface area contributed by atoms with E-state index in [4.69, 9.17) is 4.74 Å². The molecular weight excluding hydrogens is 358 g/mol. The molecule has 1 amide bonds. The van der Waals surface area contributed by atoms with Crippen molar-refractivity contribution in [3.8, 4) is 0 Å². The SMILES string of the molecule is CC(C)=CCC/C(C)=C/CC/C(C)=C/CCC(C)OC(=O)NC1CCCCCC1. The van der Waals surface area contributed by atoms with Gasteiger partial charge in [0.15, 0.2) is 0 Å². The third kappa shape index (κ3) is 14.2. The van der Waals surface area contributed by atoms with E-state index >= 15 is 0 Å². The van der Waals surface area contributed by atoms with Crippen molar-refractivity contribution < 1.29 is 9.53 Å². The Balaban J connectivity index is 2.18. The topological polar surface area (TPSA) is 38.3 Å². The highest BCUT2D eigenvalue weighted by molar-refractivity contribution is 5.67. The molecular formula is C26H45NO2. The fourth-order valence-electron chi connectivity index (χ4n) is 3.77. The molecule has 0 aromatic carbocycles. The van der Waals surface area contributed by atoms with E-state index in [0.717, 1.165) is 51.4 Å². The molecule has 1 saturated carbocycles. The van der Waals surface area contributed by atoms with Crippen molar-refractivity contribution in [1.29, 1.82) is 0 Å². The van der Waals surface area contributed by atoms with Gasteiger partial charge in [-0.2, -0.15) is 0 Å². The van der Waals surface area contributed by atoms with E-state index in [0.29, 0.717) is 6.04 Å². The zero-order valence-corrected chi connectivity index (χ0v) is 19.7. The van der Waals surface area contributed by atoms with Gasteiger partial charge in [0.2, 0.25) is 0 Å². The molecule has 1 fully saturated rings. The average molecular weight is 404 g/mol. The van der Waals surface area contributed by atoms with Crippen molar-refractivity contribution in [2.75, 3.05) is 0 Å². The summed E-state index contributed by atoms with van der Waals surface area (Å²) in [6.07, 6.45) is 20.3. The molecule has 0 spiro atoms. The van der Waals surface area contributed by atoms with Gasteiger partial charge in [-0.05, 0) is 86.0 Å². The van der Waals surface area contributed by atoms with E-state index in [1.165, 1.54) is 42.4 Å². The molecule has 166 valence electrons. The van der Waals surface area contributed by atoms with Crippen molar-refractivity contribution in [3.63, 3.8) is 0 Å². The van der Waals surface area contributed by atoms with Crippen molar-refractivity contribution in [2.24, 2.45) is 0 Å². The molecule has 29 heavy (non-hydrogen) atoms. The first-order chi connectivity index (χ1) is 13.9. The highest BCUT2D eigenvalue weighted by Crippen LogP contribution is 2.18. The van der Waals surface area contributed by atoms with Gasteiger partial charge in [-0.1, -0.05) is 60.6 Å². The third-order valence-corrected chi connectivity index (χ3v) is 5.67. The molecule has 1 unspecified atom stereocenters. The van der Waals surface area contributed by atoms with E-state index in [2.05, 4.69) is 51.2 Å². The van der Waals surface area contributed by atoms with Crippen LogP contribution in [-0.2, 0) is 4.74 Å². The first-order valence-electron chi connectivity index (χ1n) is 11.8. The van der Waals surface area contributed by atoms with Crippen LogP contribution < -0.4 is 5.32 Å². The van der Waals surface area contributed by atoms with Crippen LogP contribution in [0.4, 0.5) is 4.79 Å². The van der Waals surface area contributed by atoms with Gasteiger partial charge in [0.25, 0.3) is 0 Å². The molecule has 0 radical (unpaired) electrons. The zero-order chi connectivity index (χ0) is 21.5. The fourth-order valence-corrected chi connectivity index (χ4v) is 3.77. The predicted octanol–water partition coefficient (Wildman–Crippen LogP) is 8.02. The largest absolute Gasteiger partial charge is 0.447 e. The lowest BCUT2D eigenvalue weighted by atomic mass is 10.1. The number of hydrogen-bond acceptors (Lipinski definition) is 2. The molecule has 1 atom stereocenters. The maximum atomic E-state index is 12.1. The number of nitrogens with one attached hydrogen (secondary N) is 1. The summed E-state index contributed by atoms with van der Waals surface area (Å²) in [5.41, 5.74) is 4.31. The normalized spacial score (nSPS) is 17.4. The van der Waals surface area contributed by atoms with Crippen molar-refractivity contribution in [2.45, 2.75) is 124 Å². The Kier molecular flexibility index (Phi) is 13.5. The molecule has 1 rings (SSSR count). The number of ether oxygens (including phenoxy) is 1. The Hall–Kier alpha value is -1.51. The first kappa shape index (κ1) is 25.5. The number of amides is 1. The molecule has 0 aromatic rings. The summed E-state index contributed by atoms with van der Waals surface area (Å²) in [7, 11) is 0. The molecule has 0 saturated heterocycles. The number of rotatable bonds is 11. The van der Waals surface area contributed by atoms with Crippen LogP contribution in [0.3, 0.4) is 0 Å². The minimum atomic E-state index is -0.237. The second kappa shape index (κ2) is 15.3. The molecule has 1 aliphatic carbocycles. The Morgan fingerprint density at radius 1 is 0.897 bits per heavy atom. The van der Waals surface area contributed by atoms with Crippen LogP contribution in [0, 0.1) is 0 Å². The zero-order valence-electron chi connectivity index (χ0n) is 19.7. The van der Waals surface area contributed by atoms with E-state index in [1.807, 2.05) is 6.92 Å². The van der Waals surface area contributed by atoms with Crippen LogP contribution in [0.2, 0.25) is 0 Å². The van der Waals surface area contributed by atoms with Crippen LogP contribution in [-0.4, -0.2) is 18.2 Å². The fraction of sp³-hybridized carbons (Fsp3) is 0.731. The van der Waals surface area contributed by atoms with Crippen molar-refractivity contribution >= 4 is 6.09 Å². The number of allylic oxidation sites excluding steroid dienone is 6. The monoisotopic (exact) mass is 403 g/mol. The number of carbonyl (C=O) groups excluding carboxylic acids is 1. The summed E-state index contributed by atoms with van der Waals surface area (Å²) in [6, 6.07) is 0.304. The van der Waals surface area contributed by atoms with Gasteiger partial charge in [0, 0.05) is 6.04 Å². The lowest BCUT2D eigenvalue weighted by Gasteiger charge is -2.18. The lowest BCUT2D eigenvalue weighted by molar-refractivity contribution is 0.0988. The van der Waals surface area contributed by atoms with Gasteiger partial charge in [-0.3, -0.25) is 0 Å². The lowest BCUT2D eigenvalue weighted by Crippen LogP contribution is -2.36. The molecule has 0 aromatic heterocycles. The molecule has 0 bridgehead atoms. The van der Waals surface area contributed by atoms with Gasteiger partial charge in [-0.15, -0.1) is 0 Å². The Morgan fingerprint density at radius 3 is 2.03 bits per heavy atom. The van der Waals surface area contributed by atoms with E-state index in [9.17, 15) is 4.79 Å². The Morgan fingerprint density at radius 2 is 1.45 bits per heavy atom.